The van der Waals surface area contributed by atoms with Gasteiger partial charge >= 0.3 is 0 Å². The molecule has 1 fully saturated rings. The van der Waals surface area contributed by atoms with E-state index in [1.165, 1.54) is 12.1 Å². The van der Waals surface area contributed by atoms with E-state index in [0.29, 0.717) is 37.6 Å². The molecule has 0 aromatic heterocycles. The van der Waals surface area contributed by atoms with Crippen molar-refractivity contribution in [3.8, 4) is 0 Å². The van der Waals surface area contributed by atoms with Gasteiger partial charge in [0, 0.05) is 13.1 Å². The number of nitrogens with zero attached hydrogens (tertiary/aromatic N) is 2. The average Bonchev–Trinajstić information content (AvgIpc) is 2.78. The van der Waals surface area contributed by atoms with Crippen LogP contribution in [0.3, 0.4) is 0 Å². The fraction of sp³-hybridized carbons (Fsp3) is 0.364. The Kier molecular flexibility index (Phi) is 7.47. The molecule has 32 heavy (non-hydrogen) atoms. The summed E-state index contributed by atoms with van der Waals surface area (Å²) < 4.78 is 44.7. The Hall–Kier alpha value is -2.98. The third-order valence-corrected chi connectivity index (χ3v) is 6.30. The van der Waals surface area contributed by atoms with Gasteiger partial charge in [-0.25, -0.2) is 12.8 Å². The molecule has 2 amide bonds. The number of anilines is 2. The van der Waals surface area contributed by atoms with Crippen molar-refractivity contribution in [2.24, 2.45) is 0 Å². The van der Waals surface area contributed by atoms with Crippen molar-refractivity contribution >= 4 is 33.2 Å². The SMILES string of the molecule is CC[C@H](C(=O)Nc1ccccc1C(=O)N1CCOCC1)N(c1ccc(F)cc1)S(C)(=O)=O. The first-order valence-corrected chi connectivity index (χ1v) is 12.1. The summed E-state index contributed by atoms with van der Waals surface area (Å²) in [4.78, 5) is 27.8. The second kappa shape index (κ2) is 10.1. The lowest BCUT2D eigenvalue weighted by molar-refractivity contribution is -0.117. The highest BCUT2D eigenvalue weighted by Gasteiger charge is 2.32. The minimum Gasteiger partial charge on any atom is -0.378 e. The monoisotopic (exact) mass is 463 g/mol. The van der Waals surface area contributed by atoms with Gasteiger partial charge in [-0.1, -0.05) is 19.1 Å². The predicted octanol–water partition coefficient (Wildman–Crippen LogP) is 2.48. The molecule has 3 rings (SSSR count). The maximum absolute atomic E-state index is 13.4. The maximum Gasteiger partial charge on any atom is 0.256 e. The number of hydrogen-bond acceptors (Lipinski definition) is 5. The average molecular weight is 464 g/mol. The Morgan fingerprint density at radius 2 is 1.75 bits per heavy atom. The molecule has 2 aromatic rings. The molecule has 1 heterocycles. The van der Waals surface area contributed by atoms with Gasteiger partial charge in [-0.15, -0.1) is 0 Å². The minimum atomic E-state index is -3.86. The van der Waals surface area contributed by atoms with Gasteiger partial charge in [-0.3, -0.25) is 13.9 Å². The lowest BCUT2D eigenvalue weighted by Gasteiger charge is -2.31. The number of benzene rings is 2. The van der Waals surface area contributed by atoms with Crippen LogP contribution in [-0.2, 0) is 19.6 Å². The third kappa shape index (κ3) is 5.43. The quantitative estimate of drug-likeness (QED) is 0.681. The van der Waals surface area contributed by atoms with Crippen molar-refractivity contribution in [3.05, 3.63) is 59.9 Å². The number of nitrogens with one attached hydrogen (secondary N) is 1. The number of hydrogen-bond donors (Lipinski definition) is 1. The van der Waals surface area contributed by atoms with Crippen LogP contribution in [0.2, 0.25) is 0 Å². The summed E-state index contributed by atoms with van der Waals surface area (Å²) in [5.41, 5.74) is 0.777. The van der Waals surface area contributed by atoms with E-state index in [2.05, 4.69) is 5.32 Å². The van der Waals surface area contributed by atoms with Gasteiger partial charge < -0.3 is 15.0 Å². The molecular formula is C22H26FN3O5S. The third-order valence-electron chi connectivity index (χ3n) is 5.12. The van der Waals surface area contributed by atoms with Gasteiger partial charge in [-0.05, 0) is 42.8 Å². The largest absolute Gasteiger partial charge is 0.378 e. The number of sulfonamides is 1. The molecule has 1 atom stereocenters. The second-order valence-electron chi connectivity index (χ2n) is 7.40. The molecule has 1 N–H and O–H groups in total. The summed E-state index contributed by atoms with van der Waals surface area (Å²) in [7, 11) is -3.86. The molecule has 1 saturated heterocycles. The number of carbonyl (C=O) groups excluding carboxylic acids is 2. The van der Waals surface area contributed by atoms with Crippen LogP contribution in [0.5, 0.6) is 0 Å². The molecule has 0 aliphatic carbocycles. The van der Waals surface area contributed by atoms with E-state index in [9.17, 15) is 22.4 Å². The normalized spacial score (nSPS) is 15.2. The first kappa shape index (κ1) is 23.7. The lowest BCUT2D eigenvalue weighted by atomic mass is 10.1. The number of para-hydroxylation sites is 1. The maximum atomic E-state index is 13.4. The van der Waals surface area contributed by atoms with Crippen LogP contribution in [0, 0.1) is 5.82 Å². The molecule has 1 aliphatic rings. The number of amides is 2. The Bertz CT molecular complexity index is 1070. The van der Waals surface area contributed by atoms with Crippen LogP contribution in [0.25, 0.3) is 0 Å². The van der Waals surface area contributed by atoms with Crippen molar-refractivity contribution in [2.75, 3.05) is 42.2 Å². The fourth-order valence-electron chi connectivity index (χ4n) is 3.58. The van der Waals surface area contributed by atoms with Gasteiger partial charge in [0.05, 0.1) is 36.4 Å². The minimum absolute atomic E-state index is 0.163. The van der Waals surface area contributed by atoms with Gasteiger partial charge in [0.25, 0.3) is 5.91 Å². The zero-order valence-electron chi connectivity index (χ0n) is 18.0. The number of ether oxygens (including phenoxy) is 1. The molecule has 0 unspecified atom stereocenters. The number of halogens is 1. The fourth-order valence-corrected chi connectivity index (χ4v) is 4.79. The summed E-state index contributed by atoms with van der Waals surface area (Å²) in [5.74, 6) is -1.35. The van der Waals surface area contributed by atoms with Crippen molar-refractivity contribution in [2.45, 2.75) is 19.4 Å². The van der Waals surface area contributed by atoms with Gasteiger partial charge in [0.15, 0.2) is 0 Å². The van der Waals surface area contributed by atoms with Crippen LogP contribution in [-0.4, -0.2) is 63.7 Å². The molecule has 0 radical (unpaired) electrons. The van der Waals surface area contributed by atoms with E-state index in [1.54, 1.807) is 36.1 Å². The Morgan fingerprint density at radius 1 is 1.12 bits per heavy atom. The van der Waals surface area contributed by atoms with Gasteiger partial charge in [-0.2, -0.15) is 0 Å². The van der Waals surface area contributed by atoms with Crippen molar-refractivity contribution < 1.29 is 27.1 Å². The molecule has 8 nitrogen and oxygen atoms in total. The zero-order valence-corrected chi connectivity index (χ0v) is 18.8. The highest BCUT2D eigenvalue weighted by molar-refractivity contribution is 7.92. The van der Waals surface area contributed by atoms with E-state index in [0.717, 1.165) is 22.7 Å². The molecule has 0 spiro atoms. The summed E-state index contributed by atoms with van der Waals surface area (Å²) in [5, 5.41) is 2.72. The Morgan fingerprint density at radius 3 is 2.34 bits per heavy atom. The van der Waals surface area contributed by atoms with Crippen LogP contribution >= 0.6 is 0 Å². The molecule has 10 heteroatoms. The molecule has 2 aromatic carbocycles. The van der Waals surface area contributed by atoms with Crippen LogP contribution < -0.4 is 9.62 Å². The van der Waals surface area contributed by atoms with Crippen molar-refractivity contribution in [1.82, 2.24) is 4.90 Å². The number of morpholine rings is 1. The summed E-state index contributed by atoms with van der Waals surface area (Å²) in [6, 6.07) is 10.4. The Balaban J connectivity index is 1.89. The Labute approximate surface area is 187 Å². The molecular weight excluding hydrogens is 437 g/mol. The van der Waals surface area contributed by atoms with E-state index >= 15 is 0 Å². The van der Waals surface area contributed by atoms with Crippen molar-refractivity contribution in [1.29, 1.82) is 0 Å². The van der Waals surface area contributed by atoms with Crippen LogP contribution in [0.4, 0.5) is 15.8 Å². The van der Waals surface area contributed by atoms with E-state index in [1.807, 2.05) is 0 Å². The molecule has 0 bridgehead atoms. The highest BCUT2D eigenvalue weighted by Crippen LogP contribution is 2.25. The second-order valence-corrected chi connectivity index (χ2v) is 9.26. The van der Waals surface area contributed by atoms with Gasteiger partial charge in [0.1, 0.15) is 11.9 Å². The van der Waals surface area contributed by atoms with Crippen LogP contribution in [0.1, 0.15) is 23.7 Å². The van der Waals surface area contributed by atoms with E-state index in [-0.39, 0.29) is 18.0 Å². The smallest absolute Gasteiger partial charge is 0.256 e. The summed E-state index contributed by atoms with van der Waals surface area (Å²) in [6.45, 7) is 3.46. The summed E-state index contributed by atoms with van der Waals surface area (Å²) >= 11 is 0. The predicted molar refractivity (Wildman–Crippen MR) is 120 cm³/mol. The highest BCUT2D eigenvalue weighted by atomic mass is 32.2. The van der Waals surface area contributed by atoms with E-state index < -0.39 is 27.8 Å². The van der Waals surface area contributed by atoms with Crippen molar-refractivity contribution in [3.63, 3.8) is 0 Å². The first-order chi connectivity index (χ1) is 15.2. The molecule has 0 saturated carbocycles. The first-order valence-electron chi connectivity index (χ1n) is 10.2. The molecule has 172 valence electrons. The molecule has 1 aliphatic heterocycles. The number of rotatable bonds is 7. The number of carbonyl (C=O) groups is 2. The topological polar surface area (TPSA) is 96.0 Å². The summed E-state index contributed by atoms with van der Waals surface area (Å²) in [6.07, 6.45) is 1.15. The lowest BCUT2D eigenvalue weighted by Crippen LogP contribution is -2.47. The zero-order chi connectivity index (χ0) is 23.3. The van der Waals surface area contributed by atoms with Gasteiger partial charge in [0.2, 0.25) is 15.9 Å². The standard InChI is InChI=1S/C22H26FN3O5S/c1-3-20(26(32(2,29)30)17-10-8-16(23)9-11-17)21(27)24-19-7-5-4-6-18(19)22(28)25-12-14-31-15-13-25/h4-11,20H,3,12-15H2,1-2H3,(H,24,27)/t20-/m1/s1. The van der Waals surface area contributed by atoms with Crippen LogP contribution in [0.15, 0.2) is 48.5 Å². The van der Waals surface area contributed by atoms with E-state index in [4.69, 9.17) is 4.74 Å².